The average molecular weight is 597 g/mol. The largest absolute Gasteiger partial charge is 0.351 e. The van der Waals surface area contributed by atoms with Gasteiger partial charge < -0.3 is 9.88 Å². The second kappa shape index (κ2) is 12.1. The zero-order chi connectivity index (χ0) is 30.3. The number of hydrogen-bond donors (Lipinski definition) is 1. The molecule has 1 saturated heterocycles. The topological polar surface area (TPSA) is 74.7 Å². The first-order chi connectivity index (χ1) is 19.7. The quantitative estimate of drug-likeness (QED) is 0.403. The SMILES string of the molecule is Cc1c(C(=O)NCCN2CCN(S(C)(=O)=O)CC2)cc(-c2cc(C(C)(C)C)cc(C3(C)CC3)c2)n1CC1CCCCC1. The van der Waals surface area contributed by atoms with Gasteiger partial charge in [-0.2, -0.15) is 4.31 Å². The van der Waals surface area contributed by atoms with E-state index in [2.05, 4.69) is 73.7 Å². The summed E-state index contributed by atoms with van der Waals surface area (Å²) in [7, 11) is -3.14. The first-order valence-corrected chi connectivity index (χ1v) is 17.9. The molecule has 232 valence electrons. The molecule has 2 saturated carbocycles. The second-order valence-electron chi connectivity index (χ2n) is 14.5. The molecule has 1 aromatic carbocycles. The molecule has 2 aliphatic carbocycles. The van der Waals surface area contributed by atoms with E-state index in [4.69, 9.17) is 0 Å². The molecule has 1 amide bonds. The van der Waals surface area contributed by atoms with Crippen molar-refractivity contribution in [1.82, 2.24) is 19.1 Å². The van der Waals surface area contributed by atoms with E-state index in [1.54, 1.807) is 0 Å². The van der Waals surface area contributed by atoms with Crippen molar-refractivity contribution in [2.24, 2.45) is 5.92 Å². The summed E-state index contributed by atoms with van der Waals surface area (Å²) < 4.78 is 27.6. The fraction of sp³-hybridized carbons (Fsp3) is 0.676. The van der Waals surface area contributed by atoms with Crippen LogP contribution in [0.15, 0.2) is 24.3 Å². The summed E-state index contributed by atoms with van der Waals surface area (Å²) in [5, 5.41) is 3.18. The van der Waals surface area contributed by atoms with Gasteiger partial charge in [0.05, 0.1) is 11.8 Å². The van der Waals surface area contributed by atoms with Crippen LogP contribution < -0.4 is 5.32 Å². The minimum atomic E-state index is -3.14. The molecule has 1 aliphatic heterocycles. The number of carbonyl (C=O) groups is 1. The first kappa shape index (κ1) is 31.3. The molecule has 0 radical (unpaired) electrons. The molecule has 2 aromatic rings. The number of carbonyl (C=O) groups excluding carboxylic acids is 1. The number of nitrogens with zero attached hydrogens (tertiary/aromatic N) is 3. The molecule has 0 unspecified atom stereocenters. The highest BCUT2D eigenvalue weighted by atomic mass is 32.2. The highest BCUT2D eigenvalue weighted by molar-refractivity contribution is 7.88. The lowest BCUT2D eigenvalue weighted by molar-refractivity contribution is 0.0944. The Morgan fingerprint density at radius 2 is 1.67 bits per heavy atom. The molecular weight excluding hydrogens is 544 g/mol. The van der Waals surface area contributed by atoms with Gasteiger partial charge in [0.1, 0.15) is 0 Å². The number of nitrogens with one attached hydrogen (secondary N) is 1. The molecule has 3 fully saturated rings. The third-order valence-electron chi connectivity index (χ3n) is 10.1. The molecule has 2 heterocycles. The summed E-state index contributed by atoms with van der Waals surface area (Å²) in [6.45, 7) is 16.0. The van der Waals surface area contributed by atoms with Crippen LogP contribution in [-0.2, 0) is 27.4 Å². The lowest BCUT2D eigenvalue weighted by Gasteiger charge is -2.33. The van der Waals surface area contributed by atoms with Crippen molar-refractivity contribution in [3.8, 4) is 11.3 Å². The van der Waals surface area contributed by atoms with Crippen molar-refractivity contribution in [3.05, 3.63) is 46.6 Å². The first-order valence-electron chi connectivity index (χ1n) is 16.1. The number of rotatable bonds is 9. The van der Waals surface area contributed by atoms with E-state index in [0.29, 0.717) is 45.2 Å². The van der Waals surface area contributed by atoms with Crippen LogP contribution >= 0.6 is 0 Å². The molecule has 3 aliphatic rings. The van der Waals surface area contributed by atoms with Crippen molar-refractivity contribution in [2.45, 2.75) is 96.9 Å². The normalized spacial score (nSPS) is 20.5. The highest BCUT2D eigenvalue weighted by Crippen LogP contribution is 2.49. The summed E-state index contributed by atoms with van der Waals surface area (Å²) >= 11 is 0. The molecule has 42 heavy (non-hydrogen) atoms. The molecule has 8 heteroatoms. The standard InChI is InChI=1S/C34H52N4O3S/c1-25-30(32(39)35-14-15-36-16-18-37(19-17-36)42(6,40)41)23-31(38(25)24-26-10-8-7-9-11-26)27-20-28(33(2,3)4)22-29(21-27)34(5)12-13-34/h20-23,26H,7-19,24H2,1-6H3,(H,35,39). The Labute approximate surface area is 254 Å². The van der Waals surface area contributed by atoms with Gasteiger partial charge in [0.15, 0.2) is 0 Å². The molecule has 5 rings (SSSR count). The van der Waals surface area contributed by atoms with E-state index in [-0.39, 0.29) is 16.7 Å². The Hall–Kier alpha value is -2.16. The molecule has 0 spiro atoms. The van der Waals surface area contributed by atoms with E-state index in [1.807, 2.05) is 0 Å². The van der Waals surface area contributed by atoms with Crippen LogP contribution in [0.3, 0.4) is 0 Å². The Morgan fingerprint density at radius 1 is 1.00 bits per heavy atom. The zero-order valence-electron chi connectivity index (χ0n) is 26.8. The minimum Gasteiger partial charge on any atom is -0.351 e. The van der Waals surface area contributed by atoms with Gasteiger partial charge in [0.25, 0.3) is 5.91 Å². The van der Waals surface area contributed by atoms with E-state index in [0.717, 1.165) is 23.5 Å². The van der Waals surface area contributed by atoms with Crippen LogP contribution in [0.25, 0.3) is 11.3 Å². The van der Waals surface area contributed by atoms with Gasteiger partial charge in [-0.1, -0.05) is 53.0 Å². The van der Waals surface area contributed by atoms with Gasteiger partial charge in [-0.25, -0.2) is 8.42 Å². The van der Waals surface area contributed by atoms with E-state index < -0.39 is 10.0 Å². The van der Waals surface area contributed by atoms with Gasteiger partial charge >= 0.3 is 0 Å². The van der Waals surface area contributed by atoms with Crippen LogP contribution in [0.2, 0.25) is 0 Å². The molecule has 7 nitrogen and oxygen atoms in total. The van der Waals surface area contributed by atoms with Crippen molar-refractivity contribution in [1.29, 1.82) is 0 Å². The van der Waals surface area contributed by atoms with Gasteiger partial charge in [-0.05, 0) is 84.2 Å². The smallest absolute Gasteiger partial charge is 0.253 e. The summed E-state index contributed by atoms with van der Waals surface area (Å²) in [5.74, 6) is 0.628. The van der Waals surface area contributed by atoms with Gasteiger partial charge in [-0.15, -0.1) is 0 Å². The van der Waals surface area contributed by atoms with Crippen LogP contribution in [0.1, 0.15) is 99.8 Å². The number of piperazine rings is 1. The van der Waals surface area contributed by atoms with Crippen LogP contribution in [0.5, 0.6) is 0 Å². The fourth-order valence-corrected chi connectivity index (χ4v) is 7.54. The summed E-state index contributed by atoms with van der Waals surface area (Å²) in [6.07, 6.45) is 10.2. The second-order valence-corrected chi connectivity index (χ2v) is 16.5. The monoisotopic (exact) mass is 596 g/mol. The number of amides is 1. The maximum Gasteiger partial charge on any atom is 0.253 e. The van der Waals surface area contributed by atoms with Gasteiger partial charge in [0, 0.05) is 57.2 Å². The maximum atomic E-state index is 13.6. The Kier molecular flexibility index (Phi) is 9.00. The van der Waals surface area contributed by atoms with Crippen molar-refractivity contribution in [2.75, 3.05) is 45.5 Å². The van der Waals surface area contributed by atoms with E-state index in [9.17, 15) is 13.2 Å². The number of hydrogen-bond acceptors (Lipinski definition) is 4. The van der Waals surface area contributed by atoms with Crippen molar-refractivity contribution >= 4 is 15.9 Å². The molecule has 1 aromatic heterocycles. The Bertz CT molecular complexity index is 1360. The third-order valence-corrected chi connectivity index (χ3v) is 11.4. The van der Waals surface area contributed by atoms with Crippen LogP contribution in [0, 0.1) is 12.8 Å². The summed E-state index contributed by atoms with van der Waals surface area (Å²) in [5.41, 5.74) is 7.29. The third kappa shape index (κ3) is 7.13. The fourth-order valence-electron chi connectivity index (χ4n) is 6.72. The van der Waals surface area contributed by atoms with E-state index >= 15 is 0 Å². The molecular formula is C34H52N4O3S. The predicted molar refractivity (Wildman–Crippen MR) is 172 cm³/mol. The van der Waals surface area contributed by atoms with E-state index in [1.165, 1.54) is 72.2 Å². The van der Waals surface area contributed by atoms with Crippen molar-refractivity contribution < 1.29 is 13.2 Å². The van der Waals surface area contributed by atoms with Gasteiger partial charge in [-0.3, -0.25) is 9.69 Å². The number of benzene rings is 1. The van der Waals surface area contributed by atoms with Crippen LogP contribution in [-0.4, -0.2) is 73.6 Å². The molecule has 1 N–H and O–H groups in total. The highest BCUT2D eigenvalue weighted by Gasteiger charge is 2.40. The Morgan fingerprint density at radius 3 is 2.26 bits per heavy atom. The van der Waals surface area contributed by atoms with Crippen LogP contribution in [0.4, 0.5) is 0 Å². The number of sulfonamides is 1. The summed E-state index contributed by atoms with van der Waals surface area (Å²) in [4.78, 5) is 15.8. The van der Waals surface area contributed by atoms with Gasteiger partial charge in [0.2, 0.25) is 10.0 Å². The molecule has 0 bridgehead atoms. The Balaban J connectivity index is 1.38. The average Bonchev–Trinajstić information content (AvgIpc) is 3.62. The number of aromatic nitrogens is 1. The predicted octanol–water partition coefficient (Wildman–Crippen LogP) is 5.70. The minimum absolute atomic E-state index is 0.0210. The lowest BCUT2D eigenvalue weighted by atomic mass is 9.82. The van der Waals surface area contributed by atoms with Crippen molar-refractivity contribution in [3.63, 3.8) is 0 Å². The maximum absolute atomic E-state index is 13.6. The lowest BCUT2D eigenvalue weighted by Crippen LogP contribution is -2.49. The zero-order valence-corrected chi connectivity index (χ0v) is 27.6. The molecule has 0 atom stereocenters. The summed E-state index contributed by atoms with van der Waals surface area (Å²) in [6, 6.07) is 9.31.